The average molecular weight is 470 g/mol. The summed E-state index contributed by atoms with van der Waals surface area (Å²) in [5.41, 5.74) is -1.56. The third-order valence-electron chi connectivity index (χ3n) is 3.80. The SMILES string of the molecule is CCCCOP(=O)(OCCCC)C(C(=O)OC)C(SC1=NC(=O)CS1)C(=O)OC. The maximum Gasteiger partial charge on any atom is 0.346 e. The van der Waals surface area contributed by atoms with Gasteiger partial charge in [-0.3, -0.25) is 18.9 Å². The standard InChI is InChI=1S/C17H28NO8PS2/c1-5-7-9-25-27(22,26-10-8-6-2)13(15(20)23-3)14(16(21)24-4)29-17-18-12(19)11-28-17/h13-14H,5-11H2,1-4H3. The van der Waals surface area contributed by atoms with Crippen molar-refractivity contribution in [3.8, 4) is 0 Å². The Balaban J connectivity index is 3.29. The first-order valence-electron chi connectivity index (χ1n) is 9.28. The molecule has 0 radical (unpaired) electrons. The molecule has 1 amide bonds. The first-order chi connectivity index (χ1) is 13.8. The van der Waals surface area contributed by atoms with Crippen LogP contribution in [0.25, 0.3) is 0 Å². The molecule has 0 aliphatic carbocycles. The van der Waals surface area contributed by atoms with Crippen LogP contribution in [0.2, 0.25) is 0 Å². The van der Waals surface area contributed by atoms with Crippen molar-refractivity contribution in [1.82, 2.24) is 0 Å². The summed E-state index contributed by atoms with van der Waals surface area (Å²) < 4.78 is 34.7. The van der Waals surface area contributed by atoms with Crippen molar-refractivity contribution in [2.24, 2.45) is 4.99 Å². The number of nitrogens with zero attached hydrogens (tertiary/aromatic N) is 1. The molecule has 9 nitrogen and oxygen atoms in total. The van der Waals surface area contributed by atoms with Crippen LogP contribution >= 0.6 is 31.1 Å². The van der Waals surface area contributed by atoms with Crippen LogP contribution in [0.5, 0.6) is 0 Å². The van der Waals surface area contributed by atoms with Gasteiger partial charge in [0.2, 0.25) is 0 Å². The fourth-order valence-corrected chi connectivity index (χ4v) is 6.88. The highest BCUT2D eigenvalue weighted by molar-refractivity contribution is 8.40. The second kappa shape index (κ2) is 13.4. The van der Waals surface area contributed by atoms with E-state index in [1.807, 2.05) is 13.8 Å². The summed E-state index contributed by atoms with van der Waals surface area (Å²) in [6.45, 7) is 4.06. The summed E-state index contributed by atoms with van der Waals surface area (Å²) in [6, 6.07) is 0. The lowest BCUT2D eigenvalue weighted by atomic mass is 10.3. The van der Waals surface area contributed by atoms with Gasteiger partial charge in [0.15, 0.2) is 5.66 Å². The van der Waals surface area contributed by atoms with Gasteiger partial charge in [-0.2, -0.15) is 4.99 Å². The largest absolute Gasteiger partial charge is 0.468 e. The Morgan fingerprint density at radius 3 is 2.07 bits per heavy atom. The van der Waals surface area contributed by atoms with Crippen LogP contribution in [0.4, 0.5) is 0 Å². The van der Waals surface area contributed by atoms with Gasteiger partial charge in [0.25, 0.3) is 5.91 Å². The van der Waals surface area contributed by atoms with Crippen LogP contribution in [0.3, 0.4) is 0 Å². The Labute approximate surface area is 179 Å². The Hall–Kier alpha value is -0.870. The van der Waals surface area contributed by atoms with Crippen molar-refractivity contribution in [1.29, 1.82) is 0 Å². The molecule has 2 atom stereocenters. The molecule has 1 rings (SSSR count). The molecule has 29 heavy (non-hydrogen) atoms. The number of aliphatic imine (C=N–C) groups is 1. The van der Waals surface area contributed by atoms with E-state index >= 15 is 0 Å². The van der Waals surface area contributed by atoms with Gasteiger partial charge in [0, 0.05) is 0 Å². The van der Waals surface area contributed by atoms with Crippen molar-refractivity contribution in [2.45, 2.75) is 50.4 Å². The smallest absolute Gasteiger partial charge is 0.346 e. The van der Waals surface area contributed by atoms with Crippen LogP contribution in [0.1, 0.15) is 39.5 Å². The maximum atomic E-state index is 13.7. The molecule has 1 heterocycles. The number of carbonyl (C=O) groups is 3. The molecule has 0 N–H and O–H groups in total. The normalized spacial score (nSPS) is 16.3. The lowest BCUT2D eigenvalue weighted by Crippen LogP contribution is -2.40. The van der Waals surface area contributed by atoms with Crippen LogP contribution in [-0.2, 0) is 37.5 Å². The van der Waals surface area contributed by atoms with Crippen molar-refractivity contribution < 1.29 is 37.5 Å². The topological polar surface area (TPSA) is 118 Å². The zero-order valence-corrected chi connectivity index (χ0v) is 19.6. The van der Waals surface area contributed by atoms with Gasteiger partial charge in [0.1, 0.15) is 9.63 Å². The summed E-state index contributed by atoms with van der Waals surface area (Å²) in [7, 11) is -1.82. The zero-order chi connectivity index (χ0) is 21.9. The monoisotopic (exact) mass is 469 g/mol. The molecule has 0 aromatic heterocycles. The summed E-state index contributed by atoms with van der Waals surface area (Å²) in [5, 5.41) is -1.31. The van der Waals surface area contributed by atoms with E-state index in [9.17, 15) is 18.9 Å². The first kappa shape index (κ1) is 26.2. The van der Waals surface area contributed by atoms with E-state index < -0.39 is 30.4 Å². The number of ether oxygens (including phenoxy) is 2. The number of rotatable bonds is 13. The second-order valence-corrected chi connectivity index (χ2v) is 10.5. The van der Waals surface area contributed by atoms with E-state index in [2.05, 4.69) is 4.99 Å². The van der Waals surface area contributed by atoms with E-state index in [0.717, 1.165) is 50.6 Å². The Kier molecular flexibility index (Phi) is 12.1. The molecule has 0 spiro atoms. The van der Waals surface area contributed by atoms with E-state index in [1.54, 1.807) is 0 Å². The van der Waals surface area contributed by atoms with Gasteiger partial charge >= 0.3 is 19.5 Å². The summed E-state index contributed by atoms with van der Waals surface area (Å²) in [5.74, 6) is -1.94. The number of thioether (sulfide) groups is 2. The van der Waals surface area contributed by atoms with Gasteiger partial charge in [0.05, 0.1) is 33.2 Å². The van der Waals surface area contributed by atoms with Crippen LogP contribution in [-0.4, -0.2) is 66.3 Å². The van der Waals surface area contributed by atoms with E-state index in [1.165, 1.54) is 0 Å². The lowest BCUT2D eigenvalue weighted by molar-refractivity contribution is -0.146. The lowest BCUT2D eigenvalue weighted by Gasteiger charge is -2.29. The third kappa shape index (κ3) is 8.05. The van der Waals surface area contributed by atoms with Gasteiger partial charge in [-0.05, 0) is 12.8 Å². The first-order valence-corrected chi connectivity index (χ1v) is 12.8. The van der Waals surface area contributed by atoms with Crippen LogP contribution in [0.15, 0.2) is 4.99 Å². The molecule has 0 bridgehead atoms. The van der Waals surface area contributed by atoms with Crippen LogP contribution in [0, 0.1) is 0 Å². The van der Waals surface area contributed by atoms with Gasteiger partial charge < -0.3 is 18.5 Å². The molecule has 0 saturated heterocycles. The molecule has 1 aliphatic rings. The minimum atomic E-state index is -4.10. The average Bonchev–Trinajstić information content (AvgIpc) is 3.11. The second-order valence-electron chi connectivity index (χ2n) is 6.00. The van der Waals surface area contributed by atoms with Crippen molar-refractivity contribution in [3.05, 3.63) is 0 Å². The fourth-order valence-electron chi connectivity index (χ4n) is 2.23. The van der Waals surface area contributed by atoms with Gasteiger partial charge in [-0.1, -0.05) is 50.2 Å². The highest BCUT2D eigenvalue weighted by atomic mass is 32.2. The number of carbonyl (C=O) groups excluding carboxylic acids is 3. The molecule has 0 saturated carbocycles. The van der Waals surface area contributed by atoms with Crippen LogP contribution < -0.4 is 0 Å². The predicted octanol–water partition coefficient (Wildman–Crippen LogP) is 3.26. The number of hydrogen-bond acceptors (Lipinski definition) is 10. The minimum Gasteiger partial charge on any atom is -0.468 e. The zero-order valence-electron chi connectivity index (χ0n) is 17.1. The van der Waals surface area contributed by atoms with E-state index in [4.69, 9.17) is 18.5 Å². The number of esters is 2. The molecule has 0 aromatic rings. The molecule has 2 unspecified atom stereocenters. The number of methoxy groups -OCH3 is 2. The molecular weight excluding hydrogens is 441 g/mol. The summed E-state index contributed by atoms with van der Waals surface area (Å²) >= 11 is 1.96. The number of unbranched alkanes of at least 4 members (excludes halogenated alkanes) is 2. The molecule has 166 valence electrons. The number of amides is 1. The quantitative estimate of drug-likeness (QED) is 0.226. The van der Waals surface area contributed by atoms with Crippen molar-refractivity contribution >= 4 is 53.3 Å². The molecule has 0 aromatic carbocycles. The highest BCUT2D eigenvalue weighted by Gasteiger charge is 2.52. The molecule has 1 aliphatic heterocycles. The maximum absolute atomic E-state index is 13.7. The number of hydrogen-bond donors (Lipinski definition) is 0. The predicted molar refractivity (Wildman–Crippen MR) is 113 cm³/mol. The molecule has 0 fully saturated rings. The highest BCUT2D eigenvalue weighted by Crippen LogP contribution is 2.57. The van der Waals surface area contributed by atoms with Crippen molar-refractivity contribution in [3.63, 3.8) is 0 Å². The fraction of sp³-hybridized carbons (Fsp3) is 0.765. The van der Waals surface area contributed by atoms with Gasteiger partial charge in [-0.25, -0.2) is 0 Å². The molecular formula is C17H28NO8PS2. The van der Waals surface area contributed by atoms with E-state index in [0.29, 0.717) is 12.8 Å². The molecule has 12 heteroatoms. The Morgan fingerprint density at radius 1 is 1.10 bits per heavy atom. The minimum absolute atomic E-state index is 0.0974. The summed E-state index contributed by atoms with van der Waals surface area (Å²) in [6.07, 6.45) is 2.76. The third-order valence-corrected chi connectivity index (χ3v) is 8.66. The Morgan fingerprint density at radius 2 is 1.66 bits per heavy atom. The Bertz CT molecular complexity index is 643. The summed E-state index contributed by atoms with van der Waals surface area (Å²) in [4.78, 5) is 40.4. The van der Waals surface area contributed by atoms with Gasteiger partial charge in [-0.15, -0.1) is 0 Å². The van der Waals surface area contributed by atoms with E-state index in [-0.39, 0.29) is 29.2 Å². The van der Waals surface area contributed by atoms with Crippen molar-refractivity contribution in [2.75, 3.05) is 33.2 Å².